The van der Waals surface area contributed by atoms with Gasteiger partial charge < -0.3 is 0 Å². The van der Waals surface area contributed by atoms with Crippen LogP contribution in [0.3, 0.4) is 0 Å². The first-order chi connectivity index (χ1) is 10.7. The molecule has 0 amide bonds. The van der Waals surface area contributed by atoms with Gasteiger partial charge in [0.1, 0.15) is 5.69 Å². The van der Waals surface area contributed by atoms with Gasteiger partial charge in [0.2, 0.25) is 5.95 Å². The van der Waals surface area contributed by atoms with E-state index in [1.54, 1.807) is 24.4 Å². The first kappa shape index (κ1) is 13.9. The van der Waals surface area contributed by atoms with Crippen molar-refractivity contribution in [1.29, 1.82) is 0 Å². The normalized spacial score (nSPS) is 14.0. The number of aromatic nitrogens is 4. The van der Waals surface area contributed by atoms with Gasteiger partial charge in [-0.25, -0.2) is 10.6 Å². The first-order valence-corrected chi connectivity index (χ1v) is 6.69. The van der Waals surface area contributed by atoms with Gasteiger partial charge in [0.05, 0.1) is 0 Å². The zero-order valence-electron chi connectivity index (χ0n) is 11.7. The number of nitrogens with one attached hydrogen (secondary N) is 2. The summed E-state index contributed by atoms with van der Waals surface area (Å²) >= 11 is 0. The minimum Gasteiger partial charge on any atom is -0.292 e. The number of nitrogens with zero attached hydrogens (tertiary/aromatic N) is 3. The van der Waals surface area contributed by atoms with E-state index >= 15 is 0 Å². The van der Waals surface area contributed by atoms with Crippen molar-refractivity contribution in [3.63, 3.8) is 0 Å². The van der Waals surface area contributed by atoms with Crippen LogP contribution >= 0.6 is 0 Å². The highest BCUT2D eigenvalue weighted by Gasteiger charge is 2.07. The molecule has 0 spiro atoms. The number of pyridine rings is 1. The largest absolute Gasteiger partial charge is 0.349 e. The smallest absolute Gasteiger partial charge is 0.292 e. The topological polar surface area (TPSA) is 110 Å². The molecule has 0 saturated heterocycles. The first-order valence-electron chi connectivity index (χ1n) is 6.69. The van der Waals surface area contributed by atoms with Crippen LogP contribution in [0, 0.1) is 0 Å². The van der Waals surface area contributed by atoms with E-state index in [-0.39, 0.29) is 5.95 Å². The summed E-state index contributed by atoms with van der Waals surface area (Å²) in [6.07, 6.45) is 11.5. The number of allylic oxidation sites excluding steroid dienone is 6. The molecule has 0 fully saturated rings. The monoisotopic (exact) mass is 294 g/mol. The summed E-state index contributed by atoms with van der Waals surface area (Å²) in [6.45, 7) is 0. The van der Waals surface area contributed by atoms with E-state index in [9.17, 15) is 4.79 Å². The molecule has 0 aromatic carbocycles. The summed E-state index contributed by atoms with van der Waals surface area (Å²) < 4.78 is 0. The fourth-order valence-electron chi connectivity index (χ4n) is 2.08. The summed E-state index contributed by atoms with van der Waals surface area (Å²) in [4.78, 5) is 25.1. The molecule has 4 N–H and O–H groups in total. The van der Waals surface area contributed by atoms with Crippen molar-refractivity contribution in [1.82, 2.24) is 19.9 Å². The maximum absolute atomic E-state index is 11.1. The van der Waals surface area contributed by atoms with Crippen LogP contribution in [-0.4, -0.2) is 19.9 Å². The number of nitrogens with two attached hydrogens (primary N) is 1. The van der Waals surface area contributed by atoms with Crippen molar-refractivity contribution in [2.24, 2.45) is 5.84 Å². The summed E-state index contributed by atoms with van der Waals surface area (Å²) in [5, 5.41) is 0. The summed E-state index contributed by atoms with van der Waals surface area (Å²) in [5.74, 6) is 5.50. The standard InChI is InChI=1S/C8H8N6O.C7H6/c9-14-7-11-6(12-8(15)13-7)5-3-1-2-4-10-5;1-2-7-4-3-6(1)5-7/h1-4H,9H2,(H2,11,12,13,14,15);1-4H,5H2. The second-order valence-corrected chi connectivity index (χ2v) is 4.68. The fourth-order valence-corrected chi connectivity index (χ4v) is 2.08. The molecule has 2 aromatic heterocycles. The highest BCUT2D eigenvalue weighted by molar-refractivity contribution is 5.50. The molecule has 0 saturated carbocycles. The van der Waals surface area contributed by atoms with Gasteiger partial charge in [-0.15, -0.1) is 0 Å². The van der Waals surface area contributed by atoms with E-state index in [2.05, 4.69) is 49.7 Å². The highest BCUT2D eigenvalue weighted by Crippen LogP contribution is 2.27. The Labute approximate surface area is 126 Å². The molecule has 0 radical (unpaired) electrons. The van der Waals surface area contributed by atoms with E-state index in [0.717, 1.165) is 0 Å². The van der Waals surface area contributed by atoms with E-state index in [1.807, 2.05) is 0 Å². The van der Waals surface area contributed by atoms with Crippen LogP contribution in [-0.2, 0) is 0 Å². The van der Waals surface area contributed by atoms with Crippen LogP contribution in [0.15, 0.2) is 64.6 Å². The van der Waals surface area contributed by atoms with E-state index in [4.69, 9.17) is 5.84 Å². The maximum Gasteiger partial charge on any atom is 0.349 e. The molecule has 0 atom stereocenters. The Bertz CT molecular complexity index is 799. The molecule has 110 valence electrons. The molecule has 4 rings (SSSR count). The predicted molar refractivity (Wildman–Crippen MR) is 83.6 cm³/mol. The number of aromatic amines is 1. The second-order valence-electron chi connectivity index (χ2n) is 4.68. The van der Waals surface area contributed by atoms with E-state index in [1.165, 1.54) is 17.6 Å². The van der Waals surface area contributed by atoms with Gasteiger partial charge in [-0.1, -0.05) is 30.4 Å². The third-order valence-corrected chi connectivity index (χ3v) is 3.12. The van der Waals surface area contributed by atoms with E-state index < -0.39 is 5.69 Å². The molecule has 7 heteroatoms. The van der Waals surface area contributed by atoms with Crippen LogP contribution < -0.4 is 17.0 Å². The van der Waals surface area contributed by atoms with Crippen molar-refractivity contribution >= 4 is 5.95 Å². The van der Waals surface area contributed by atoms with Crippen molar-refractivity contribution < 1.29 is 0 Å². The molecule has 0 aliphatic heterocycles. The Hall–Kier alpha value is -3.06. The zero-order valence-corrected chi connectivity index (χ0v) is 11.7. The maximum atomic E-state index is 11.1. The van der Waals surface area contributed by atoms with Crippen LogP contribution in [0.4, 0.5) is 5.95 Å². The fraction of sp³-hybridized carbons (Fsp3) is 0.0667. The van der Waals surface area contributed by atoms with Crippen LogP contribution in [0.5, 0.6) is 0 Å². The Kier molecular flexibility index (Phi) is 3.88. The third kappa shape index (κ3) is 3.15. The third-order valence-electron chi connectivity index (χ3n) is 3.12. The van der Waals surface area contributed by atoms with Crippen LogP contribution in [0.1, 0.15) is 6.42 Å². The lowest BCUT2D eigenvalue weighted by Crippen LogP contribution is -2.19. The molecule has 2 aliphatic carbocycles. The van der Waals surface area contributed by atoms with E-state index in [0.29, 0.717) is 11.5 Å². The Balaban J connectivity index is 0.000000169. The van der Waals surface area contributed by atoms with Gasteiger partial charge in [-0.05, 0) is 29.7 Å². The quantitative estimate of drug-likeness (QED) is 0.569. The lowest BCUT2D eigenvalue weighted by atomic mass is 10.3. The van der Waals surface area contributed by atoms with Gasteiger partial charge in [0.25, 0.3) is 0 Å². The number of rotatable bonds is 2. The number of hydrogen-bond donors (Lipinski definition) is 3. The molecule has 2 aliphatic rings. The Morgan fingerprint density at radius 2 is 1.91 bits per heavy atom. The lowest BCUT2D eigenvalue weighted by molar-refractivity contribution is 0.977. The number of hydrogen-bond acceptors (Lipinski definition) is 6. The van der Waals surface area contributed by atoms with Gasteiger partial charge >= 0.3 is 5.69 Å². The molecule has 7 nitrogen and oxygen atoms in total. The van der Waals surface area contributed by atoms with Gasteiger partial charge in [0.15, 0.2) is 5.82 Å². The number of anilines is 1. The van der Waals surface area contributed by atoms with Crippen molar-refractivity contribution in [3.8, 4) is 11.5 Å². The Morgan fingerprint density at radius 3 is 2.41 bits per heavy atom. The number of fused-ring (bicyclic) bond motifs is 2. The summed E-state index contributed by atoms with van der Waals surface area (Å²) in [5.41, 5.74) is 5.16. The molecule has 22 heavy (non-hydrogen) atoms. The minimum atomic E-state index is -0.529. The van der Waals surface area contributed by atoms with Crippen LogP contribution in [0.25, 0.3) is 11.5 Å². The van der Waals surface area contributed by atoms with Crippen molar-refractivity contribution in [2.45, 2.75) is 6.42 Å². The molecule has 0 unspecified atom stereocenters. The molecular formula is C15H14N6O. The molecule has 2 aromatic rings. The van der Waals surface area contributed by atoms with Crippen LogP contribution in [0.2, 0.25) is 0 Å². The van der Waals surface area contributed by atoms with Gasteiger partial charge in [-0.2, -0.15) is 9.97 Å². The summed E-state index contributed by atoms with van der Waals surface area (Å²) in [7, 11) is 0. The Morgan fingerprint density at radius 1 is 1.14 bits per heavy atom. The van der Waals surface area contributed by atoms with Gasteiger partial charge in [-0.3, -0.25) is 15.4 Å². The SMILES string of the molecule is C1=CC2=CC=C1C2.NNc1nc(-c2ccccn2)[nH]c(=O)n1. The second kappa shape index (κ2) is 6.15. The van der Waals surface area contributed by atoms with Crippen molar-refractivity contribution in [3.05, 3.63) is 70.3 Å². The minimum absolute atomic E-state index is 0.0550. The van der Waals surface area contributed by atoms with Gasteiger partial charge in [0, 0.05) is 6.20 Å². The highest BCUT2D eigenvalue weighted by atomic mass is 16.1. The summed E-state index contributed by atoms with van der Waals surface area (Å²) in [6, 6.07) is 5.28. The number of nitrogen functional groups attached to an aromatic ring is 1. The predicted octanol–water partition coefficient (Wildman–Crippen LogP) is 1.33. The number of hydrazine groups is 1. The molecule has 2 bridgehead atoms. The van der Waals surface area contributed by atoms with Crippen molar-refractivity contribution in [2.75, 3.05) is 5.43 Å². The molecular weight excluding hydrogens is 280 g/mol. The molecule has 2 heterocycles. The lowest BCUT2D eigenvalue weighted by Gasteiger charge is -2.00. The number of H-pyrrole nitrogens is 1. The zero-order chi connectivity index (χ0) is 15.4. The average Bonchev–Trinajstić information content (AvgIpc) is 3.21. The average molecular weight is 294 g/mol.